The Hall–Kier alpha value is -3.22. The number of hydrogen-bond donors (Lipinski definition) is 2. The van der Waals surface area contributed by atoms with Crippen molar-refractivity contribution in [1.29, 1.82) is 0 Å². The van der Waals surface area contributed by atoms with E-state index in [4.69, 9.17) is 4.42 Å². The molecule has 0 unspecified atom stereocenters. The highest BCUT2D eigenvalue weighted by Gasteiger charge is 2.14. The molecule has 110 valence electrons. The highest BCUT2D eigenvalue weighted by Crippen LogP contribution is 2.33. The van der Waals surface area contributed by atoms with E-state index in [0.717, 1.165) is 0 Å². The Bertz CT molecular complexity index is 933. The topological polar surface area (TPSA) is 95.4 Å². The van der Waals surface area contributed by atoms with Gasteiger partial charge in [0.15, 0.2) is 5.75 Å². The van der Waals surface area contributed by atoms with E-state index in [0.29, 0.717) is 5.69 Å². The van der Waals surface area contributed by atoms with E-state index in [2.05, 4.69) is 10.2 Å². The number of phenolic OH excluding ortho intramolecular Hbond substituents is 1. The fraction of sp³-hybridized carbons (Fsp3) is 0. The first-order valence-corrected chi connectivity index (χ1v) is 6.21. The SMILES string of the molecule is O=c1oc2cc(O)ccc2c(O)c1N=Nc1ccc(F)cc1. The summed E-state index contributed by atoms with van der Waals surface area (Å²) >= 11 is 0. The van der Waals surface area contributed by atoms with Crippen LogP contribution >= 0.6 is 0 Å². The quantitative estimate of drug-likeness (QED) is 0.556. The van der Waals surface area contributed by atoms with Gasteiger partial charge in [0.2, 0.25) is 5.69 Å². The van der Waals surface area contributed by atoms with Crippen LogP contribution in [0.4, 0.5) is 15.8 Å². The standard InChI is InChI=1S/C15H9FN2O4/c16-8-1-3-9(4-2-8)17-18-13-14(20)11-6-5-10(19)7-12(11)22-15(13)21/h1-7,19-20H. The fourth-order valence-corrected chi connectivity index (χ4v) is 1.87. The molecule has 0 atom stereocenters. The first-order valence-electron chi connectivity index (χ1n) is 6.21. The van der Waals surface area contributed by atoms with Crippen LogP contribution in [0.5, 0.6) is 11.5 Å². The highest BCUT2D eigenvalue weighted by atomic mass is 19.1. The van der Waals surface area contributed by atoms with Crippen molar-refractivity contribution in [3.8, 4) is 11.5 Å². The van der Waals surface area contributed by atoms with Gasteiger partial charge in [0.05, 0.1) is 11.1 Å². The molecule has 2 aromatic carbocycles. The van der Waals surface area contributed by atoms with E-state index in [1.807, 2.05) is 0 Å². The summed E-state index contributed by atoms with van der Waals surface area (Å²) in [6, 6.07) is 9.06. The van der Waals surface area contributed by atoms with Crippen molar-refractivity contribution in [2.24, 2.45) is 10.2 Å². The molecule has 0 amide bonds. The van der Waals surface area contributed by atoms with Crippen molar-refractivity contribution >= 4 is 22.3 Å². The summed E-state index contributed by atoms with van der Waals surface area (Å²) in [5.74, 6) is -0.931. The lowest BCUT2D eigenvalue weighted by atomic mass is 10.2. The Morgan fingerprint density at radius 1 is 1.00 bits per heavy atom. The first kappa shape index (κ1) is 13.7. The molecular formula is C15H9FN2O4. The smallest absolute Gasteiger partial charge is 0.368 e. The Morgan fingerprint density at radius 2 is 1.73 bits per heavy atom. The monoisotopic (exact) mass is 300 g/mol. The van der Waals surface area contributed by atoms with E-state index in [-0.39, 0.29) is 22.4 Å². The molecule has 0 aliphatic carbocycles. The molecule has 0 aliphatic heterocycles. The zero-order chi connectivity index (χ0) is 15.7. The van der Waals surface area contributed by atoms with E-state index in [1.54, 1.807) is 0 Å². The van der Waals surface area contributed by atoms with Crippen molar-refractivity contribution in [2.45, 2.75) is 0 Å². The van der Waals surface area contributed by atoms with Crippen molar-refractivity contribution in [3.63, 3.8) is 0 Å². The number of hydrogen-bond acceptors (Lipinski definition) is 6. The van der Waals surface area contributed by atoms with Crippen LogP contribution in [0, 0.1) is 5.82 Å². The van der Waals surface area contributed by atoms with Crippen molar-refractivity contribution in [2.75, 3.05) is 0 Å². The maximum Gasteiger partial charge on any atom is 0.368 e. The second-order valence-corrected chi connectivity index (χ2v) is 4.44. The predicted octanol–water partition coefficient (Wildman–Crippen LogP) is 3.76. The molecule has 0 radical (unpaired) electrons. The summed E-state index contributed by atoms with van der Waals surface area (Å²) in [5.41, 5.74) is -0.932. The molecule has 22 heavy (non-hydrogen) atoms. The molecule has 7 heteroatoms. The van der Waals surface area contributed by atoms with Gasteiger partial charge < -0.3 is 14.6 Å². The molecule has 0 bridgehead atoms. The van der Waals surface area contributed by atoms with Crippen molar-refractivity contribution < 1.29 is 19.0 Å². The third-order valence-electron chi connectivity index (χ3n) is 2.93. The molecule has 3 rings (SSSR count). The minimum atomic E-state index is -0.901. The number of azo groups is 1. The maximum atomic E-state index is 12.8. The van der Waals surface area contributed by atoms with Crippen LogP contribution in [0.3, 0.4) is 0 Å². The van der Waals surface area contributed by atoms with Gasteiger partial charge in [-0.15, -0.1) is 5.11 Å². The van der Waals surface area contributed by atoms with Gasteiger partial charge in [0.1, 0.15) is 17.1 Å². The molecule has 0 spiro atoms. The van der Waals surface area contributed by atoms with Crippen LogP contribution in [-0.2, 0) is 0 Å². The first-order chi connectivity index (χ1) is 10.5. The van der Waals surface area contributed by atoms with Gasteiger partial charge in [-0.25, -0.2) is 9.18 Å². The summed E-state index contributed by atoms with van der Waals surface area (Å²) in [6.07, 6.45) is 0. The normalized spacial score (nSPS) is 11.3. The number of halogens is 1. The molecule has 0 saturated heterocycles. The predicted molar refractivity (Wildman–Crippen MR) is 76.4 cm³/mol. The molecule has 1 aromatic heterocycles. The van der Waals surface area contributed by atoms with E-state index in [9.17, 15) is 19.4 Å². The Morgan fingerprint density at radius 3 is 2.45 bits per heavy atom. The third-order valence-corrected chi connectivity index (χ3v) is 2.93. The van der Waals surface area contributed by atoms with Crippen molar-refractivity contribution in [1.82, 2.24) is 0 Å². The number of phenols is 1. The lowest BCUT2D eigenvalue weighted by Gasteiger charge is -2.02. The Kier molecular flexibility index (Phi) is 3.30. The third kappa shape index (κ3) is 2.51. The molecule has 1 heterocycles. The molecular weight excluding hydrogens is 291 g/mol. The molecule has 0 aliphatic rings. The van der Waals surface area contributed by atoms with Gasteiger partial charge >= 0.3 is 5.63 Å². The minimum Gasteiger partial charge on any atom is -0.508 e. The van der Waals surface area contributed by atoms with Gasteiger partial charge in [0.25, 0.3) is 0 Å². The molecule has 3 aromatic rings. The molecule has 6 nitrogen and oxygen atoms in total. The Balaban J connectivity index is 2.09. The fourth-order valence-electron chi connectivity index (χ4n) is 1.87. The second kappa shape index (κ2) is 5.28. The number of benzene rings is 2. The zero-order valence-corrected chi connectivity index (χ0v) is 11.0. The van der Waals surface area contributed by atoms with E-state index >= 15 is 0 Å². The number of fused-ring (bicyclic) bond motifs is 1. The summed E-state index contributed by atoms with van der Waals surface area (Å²) in [7, 11) is 0. The van der Waals surface area contributed by atoms with Crippen LogP contribution in [0.15, 0.2) is 61.9 Å². The summed E-state index contributed by atoms with van der Waals surface area (Å²) < 4.78 is 17.8. The average Bonchev–Trinajstić information content (AvgIpc) is 2.48. The van der Waals surface area contributed by atoms with E-state index in [1.165, 1.54) is 42.5 Å². The van der Waals surface area contributed by atoms with Crippen LogP contribution in [0.2, 0.25) is 0 Å². The van der Waals surface area contributed by atoms with Crippen LogP contribution in [0.1, 0.15) is 0 Å². The van der Waals surface area contributed by atoms with Crippen LogP contribution in [-0.4, -0.2) is 10.2 Å². The van der Waals surface area contributed by atoms with E-state index < -0.39 is 17.2 Å². The lowest BCUT2D eigenvalue weighted by molar-refractivity contribution is 0.464. The maximum absolute atomic E-state index is 12.8. The van der Waals surface area contributed by atoms with Crippen LogP contribution in [0.25, 0.3) is 11.0 Å². The average molecular weight is 300 g/mol. The lowest BCUT2D eigenvalue weighted by Crippen LogP contribution is -1.98. The van der Waals surface area contributed by atoms with Gasteiger partial charge in [-0.05, 0) is 36.4 Å². The molecule has 2 N–H and O–H groups in total. The summed E-state index contributed by atoms with van der Waals surface area (Å²) in [6.45, 7) is 0. The summed E-state index contributed by atoms with van der Waals surface area (Å²) in [4.78, 5) is 11.8. The number of aromatic hydroxyl groups is 2. The van der Waals surface area contributed by atoms with Gasteiger partial charge in [-0.3, -0.25) is 0 Å². The largest absolute Gasteiger partial charge is 0.508 e. The van der Waals surface area contributed by atoms with Gasteiger partial charge in [-0.1, -0.05) is 0 Å². The molecule has 0 fully saturated rings. The Labute approximate surface area is 122 Å². The number of rotatable bonds is 2. The van der Waals surface area contributed by atoms with Crippen LogP contribution < -0.4 is 5.63 Å². The second-order valence-electron chi connectivity index (χ2n) is 4.44. The highest BCUT2D eigenvalue weighted by molar-refractivity contribution is 5.88. The minimum absolute atomic E-state index is 0.0308. The van der Waals surface area contributed by atoms with Crippen molar-refractivity contribution in [3.05, 3.63) is 58.7 Å². The van der Waals surface area contributed by atoms with Gasteiger partial charge in [0, 0.05) is 6.07 Å². The molecule has 0 saturated carbocycles. The number of nitrogens with zero attached hydrogens (tertiary/aromatic N) is 2. The summed E-state index contributed by atoms with van der Waals surface area (Å²) in [5, 5.41) is 27.1. The van der Waals surface area contributed by atoms with Gasteiger partial charge in [-0.2, -0.15) is 5.11 Å². The zero-order valence-electron chi connectivity index (χ0n) is 11.0.